The number of hydrogen-bond acceptors (Lipinski definition) is 6. The van der Waals surface area contributed by atoms with Crippen LogP contribution < -0.4 is 15.0 Å². The second kappa shape index (κ2) is 10.5. The summed E-state index contributed by atoms with van der Waals surface area (Å²) >= 11 is 0. The van der Waals surface area contributed by atoms with Gasteiger partial charge >= 0.3 is 0 Å². The topological polar surface area (TPSA) is 65.1 Å². The van der Waals surface area contributed by atoms with Crippen LogP contribution in [0.5, 0.6) is 5.75 Å². The van der Waals surface area contributed by atoms with E-state index in [1.165, 1.54) is 17.7 Å². The minimum Gasteiger partial charge on any atom is -0.492 e. The second-order valence-electron chi connectivity index (χ2n) is 8.11. The van der Waals surface area contributed by atoms with Crippen LogP contribution in [0.1, 0.15) is 39.0 Å². The fraction of sp³-hybridized carbons (Fsp3) is 0.636. The Morgan fingerprint density at radius 1 is 1.07 bits per heavy atom. The van der Waals surface area contributed by atoms with Crippen molar-refractivity contribution in [1.29, 1.82) is 0 Å². The number of nitrogens with zero attached hydrogens (tertiary/aromatic N) is 3. The highest BCUT2D eigenvalue weighted by molar-refractivity contribution is 6.01. The quantitative estimate of drug-likeness (QED) is 0.599. The Kier molecular flexibility index (Phi) is 7.97. The molecule has 1 aromatic rings. The maximum atomic E-state index is 11.9. The highest BCUT2D eigenvalue weighted by Crippen LogP contribution is 2.29. The lowest BCUT2D eigenvalue weighted by Gasteiger charge is -2.41. The predicted octanol–water partition coefficient (Wildman–Crippen LogP) is 2.25. The number of carbonyl (C=O) groups excluding carboxylic acids is 2. The first-order valence-corrected chi connectivity index (χ1v) is 11.0. The van der Waals surface area contributed by atoms with Crippen LogP contribution in [0.2, 0.25) is 0 Å². The van der Waals surface area contributed by atoms with Gasteiger partial charge in [-0.25, -0.2) is 0 Å². The first-order valence-electron chi connectivity index (χ1n) is 11.0. The summed E-state index contributed by atoms with van der Waals surface area (Å²) in [5, 5.41) is 3.73. The Balaban J connectivity index is 0.00000256. The molecule has 8 heteroatoms. The number of rotatable bonds is 9. The Bertz CT molecular complexity index is 719. The largest absolute Gasteiger partial charge is 0.492 e. The molecule has 1 aromatic carbocycles. The third kappa shape index (κ3) is 5.45. The monoisotopic (exact) mass is 436 g/mol. The zero-order valence-corrected chi connectivity index (χ0v) is 18.5. The van der Waals surface area contributed by atoms with E-state index in [4.69, 9.17) is 4.74 Å². The molecule has 2 saturated heterocycles. The van der Waals surface area contributed by atoms with Crippen LogP contribution in [-0.4, -0.2) is 73.2 Å². The number of imide groups is 1. The average molecular weight is 437 g/mol. The van der Waals surface area contributed by atoms with Crippen LogP contribution in [0.4, 0.5) is 5.69 Å². The zero-order valence-electron chi connectivity index (χ0n) is 17.7. The highest BCUT2D eigenvalue weighted by Gasteiger charge is 2.33. The van der Waals surface area contributed by atoms with Crippen LogP contribution in [0.3, 0.4) is 0 Å². The lowest BCUT2D eigenvalue weighted by atomic mass is 10.2. The highest BCUT2D eigenvalue weighted by atomic mass is 35.5. The molecule has 1 aliphatic carbocycles. The minimum absolute atomic E-state index is 0. The third-order valence-corrected chi connectivity index (χ3v) is 6.05. The summed E-state index contributed by atoms with van der Waals surface area (Å²) in [7, 11) is 0. The molecule has 1 atom stereocenters. The van der Waals surface area contributed by atoms with Crippen molar-refractivity contribution >= 4 is 29.9 Å². The Hall–Kier alpha value is -1.83. The molecule has 0 aromatic heterocycles. The van der Waals surface area contributed by atoms with Crippen LogP contribution >= 0.6 is 12.4 Å². The van der Waals surface area contributed by atoms with Gasteiger partial charge in [-0.2, -0.15) is 0 Å². The summed E-state index contributed by atoms with van der Waals surface area (Å²) in [6.07, 6.45) is 4.20. The lowest BCUT2D eigenvalue weighted by Crippen LogP contribution is -2.56. The predicted molar refractivity (Wildman–Crippen MR) is 119 cm³/mol. The fourth-order valence-corrected chi connectivity index (χ4v) is 4.29. The van der Waals surface area contributed by atoms with Crippen molar-refractivity contribution in [3.63, 3.8) is 0 Å². The zero-order chi connectivity index (χ0) is 20.2. The molecule has 1 N–H and O–H groups in total. The van der Waals surface area contributed by atoms with E-state index >= 15 is 0 Å². The molecule has 0 radical (unpaired) electrons. The van der Waals surface area contributed by atoms with E-state index < -0.39 is 0 Å². The van der Waals surface area contributed by atoms with Crippen molar-refractivity contribution in [3.8, 4) is 5.75 Å². The van der Waals surface area contributed by atoms with Crippen molar-refractivity contribution in [2.75, 3.05) is 44.2 Å². The Morgan fingerprint density at radius 2 is 1.73 bits per heavy atom. The molecule has 2 amide bonds. The SMILES string of the molecule is CCOc1ccccc1N1CCN(C(CCN2C(=O)CCC2=O)NC2CC2)CC1.Cl. The summed E-state index contributed by atoms with van der Waals surface area (Å²) in [5.74, 6) is 0.914. The van der Waals surface area contributed by atoms with E-state index in [-0.39, 0.29) is 30.4 Å². The van der Waals surface area contributed by atoms with Crippen LogP contribution in [0, 0.1) is 0 Å². The van der Waals surface area contributed by atoms with Crippen LogP contribution in [0.15, 0.2) is 24.3 Å². The van der Waals surface area contributed by atoms with Gasteiger partial charge in [0.2, 0.25) is 11.8 Å². The number of hydrogen-bond donors (Lipinski definition) is 1. The molecule has 30 heavy (non-hydrogen) atoms. The van der Waals surface area contributed by atoms with Crippen LogP contribution in [0.25, 0.3) is 0 Å². The van der Waals surface area contributed by atoms with E-state index in [9.17, 15) is 9.59 Å². The lowest BCUT2D eigenvalue weighted by molar-refractivity contribution is -0.138. The molecule has 0 bridgehead atoms. The van der Waals surface area contributed by atoms with Gasteiger partial charge in [-0.3, -0.25) is 24.7 Å². The number of para-hydroxylation sites is 2. The van der Waals surface area contributed by atoms with Gasteiger partial charge in [-0.1, -0.05) is 12.1 Å². The number of nitrogens with one attached hydrogen (secondary N) is 1. The number of anilines is 1. The molecule has 1 unspecified atom stereocenters. The maximum Gasteiger partial charge on any atom is 0.229 e. The van der Waals surface area contributed by atoms with Gasteiger partial charge in [0.25, 0.3) is 0 Å². The first kappa shape index (κ1) is 22.8. The van der Waals surface area contributed by atoms with Gasteiger partial charge in [-0.05, 0) is 38.3 Å². The maximum absolute atomic E-state index is 11.9. The average Bonchev–Trinajstić information content (AvgIpc) is 3.51. The van der Waals surface area contributed by atoms with Crippen LogP contribution in [-0.2, 0) is 9.59 Å². The molecule has 166 valence electrons. The number of carbonyl (C=O) groups is 2. The number of likely N-dealkylation sites (tertiary alicyclic amines) is 1. The molecule has 0 spiro atoms. The number of ether oxygens (including phenoxy) is 1. The minimum atomic E-state index is -0.0162. The molecular formula is C22H33ClN4O3. The fourth-order valence-electron chi connectivity index (χ4n) is 4.29. The summed E-state index contributed by atoms with van der Waals surface area (Å²) in [6, 6.07) is 8.83. The first-order chi connectivity index (χ1) is 14.2. The molecule has 2 aliphatic heterocycles. The van der Waals surface area contributed by atoms with Gasteiger partial charge in [0.1, 0.15) is 5.75 Å². The van der Waals surface area contributed by atoms with E-state index in [1.54, 1.807) is 0 Å². The van der Waals surface area contributed by atoms with E-state index in [0.717, 1.165) is 44.0 Å². The van der Waals surface area contributed by atoms with E-state index in [2.05, 4.69) is 27.2 Å². The molecule has 7 nitrogen and oxygen atoms in total. The number of benzene rings is 1. The summed E-state index contributed by atoms with van der Waals surface area (Å²) < 4.78 is 5.80. The number of piperazine rings is 1. The van der Waals surface area contributed by atoms with Crippen molar-refractivity contribution in [2.24, 2.45) is 0 Å². The van der Waals surface area contributed by atoms with Crippen molar-refractivity contribution in [3.05, 3.63) is 24.3 Å². The van der Waals surface area contributed by atoms with Gasteiger partial charge in [0.05, 0.1) is 18.5 Å². The van der Waals surface area contributed by atoms with Crippen molar-refractivity contribution in [1.82, 2.24) is 15.1 Å². The van der Waals surface area contributed by atoms with E-state index in [1.807, 2.05) is 19.1 Å². The van der Waals surface area contributed by atoms with Gasteiger partial charge in [0.15, 0.2) is 0 Å². The molecule has 3 aliphatic rings. The Morgan fingerprint density at radius 3 is 2.37 bits per heavy atom. The van der Waals surface area contributed by atoms with E-state index in [0.29, 0.717) is 32.0 Å². The summed E-state index contributed by atoms with van der Waals surface area (Å²) in [6.45, 7) is 6.98. The van der Waals surface area contributed by atoms with Crippen molar-refractivity contribution < 1.29 is 14.3 Å². The molecule has 3 fully saturated rings. The van der Waals surface area contributed by atoms with Gasteiger partial charge < -0.3 is 9.64 Å². The van der Waals surface area contributed by atoms with Gasteiger partial charge in [-0.15, -0.1) is 12.4 Å². The standard InChI is InChI=1S/C22H32N4O3.ClH/c1-2-29-19-6-4-3-5-18(19)24-13-15-25(16-14-24)20(23-17-7-8-17)11-12-26-21(27)9-10-22(26)28;/h3-6,17,20,23H,2,7-16H2,1H3;1H. The summed E-state index contributed by atoms with van der Waals surface area (Å²) in [4.78, 5) is 30.2. The number of amides is 2. The Labute approximate surface area is 185 Å². The normalized spacial score (nSPS) is 21.0. The third-order valence-electron chi connectivity index (χ3n) is 6.05. The molecule has 1 saturated carbocycles. The number of halogens is 1. The molecule has 2 heterocycles. The molecular weight excluding hydrogens is 404 g/mol. The molecule has 4 rings (SSSR count). The second-order valence-corrected chi connectivity index (χ2v) is 8.11. The van der Waals surface area contributed by atoms with Crippen molar-refractivity contribution in [2.45, 2.75) is 51.2 Å². The summed E-state index contributed by atoms with van der Waals surface area (Å²) in [5.41, 5.74) is 1.16. The van der Waals surface area contributed by atoms with Gasteiger partial charge in [0, 0.05) is 51.6 Å². The smallest absolute Gasteiger partial charge is 0.229 e.